The highest BCUT2D eigenvalue weighted by Gasteiger charge is 2.27. The van der Waals surface area contributed by atoms with Gasteiger partial charge in [-0.2, -0.15) is 13.5 Å². The molecule has 0 bridgehead atoms. The summed E-state index contributed by atoms with van der Waals surface area (Å²) in [5.41, 5.74) is 0.616. The number of pyridine rings is 1. The number of ether oxygens (including phenoxy) is 1. The van der Waals surface area contributed by atoms with E-state index in [0.717, 1.165) is 10.4 Å². The molecule has 2 aromatic heterocycles. The maximum absolute atomic E-state index is 12.5. The lowest BCUT2D eigenvalue weighted by atomic mass is 10.3. The summed E-state index contributed by atoms with van der Waals surface area (Å²) in [6, 6.07) is 4.61. The van der Waals surface area contributed by atoms with E-state index in [1.807, 2.05) is 0 Å². The minimum absolute atomic E-state index is 0.0911. The van der Waals surface area contributed by atoms with Crippen LogP contribution in [0.4, 0.5) is 5.82 Å². The van der Waals surface area contributed by atoms with Crippen molar-refractivity contribution in [3.05, 3.63) is 35.7 Å². The van der Waals surface area contributed by atoms with Crippen LogP contribution in [0, 0.1) is 6.92 Å². The maximum Gasteiger partial charge on any atom is 0.358 e. The van der Waals surface area contributed by atoms with E-state index in [1.54, 1.807) is 26.0 Å². The van der Waals surface area contributed by atoms with Gasteiger partial charge in [0.15, 0.2) is 10.7 Å². The zero-order chi connectivity index (χ0) is 16.3. The van der Waals surface area contributed by atoms with E-state index in [9.17, 15) is 13.2 Å². The third-order valence-corrected chi connectivity index (χ3v) is 4.62. The molecule has 118 valence electrons. The summed E-state index contributed by atoms with van der Waals surface area (Å²) in [6.45, 7) is 3.59. The molecule has 0 spiro atoms. The number of esters is 1. The molecule has 0 saturated heterocycles. The van der Waals surface area contributed by atoms with Gasteiger partial charge in [-0.3, -0.25) is 9.40 Å². The Morgan fingerprint density at radius 1 is 1.45 bits per heavy atom. The highest BCUT2D eigenvalue weighted by molar-refractivity contribution is 7.92. The van der Waals surface area contributed by atoms with Gasteiger partial charge in [0.2, 0.25) is 0 Å². The van der Waals surface area contributed by atoms with Crippen molar-refractivity contribution in [2.24, 2.45) is 0 Å². The van der Waals surface area contributed by atoms with Gasteiger partial charge < -0.3 is 4.74 Å². The Hall–Kier alpha value is -2.42. The molecule has 0 aliphatic carbocycles. The fourth-order valence-corrected chi connectivity index (χ4v) is 2.95. The first kappa shape index (κ1) is 16.0. The molecule has 2 aromatic rings. The van der Waals surface area contributed by atoms with E-state index in [1.165, 1.54) is 13.2 Å². The summed E-state index contributed by atoms with van der Waals surface area (Å²) in [7, 11) is -2.51. The number of carbonyl (C=O) groups is 1. The molecule has 0 radical (unpaired) electrons. The van der Waals surface area contributed by atoms with Gasteiger partial charge in [-0.25, -0.2) is 9.78 Å². The van der Waals surface area contributed by atoms with Crippen LogP contribution in [0.1, 0.15) is 23.0 Å². The van der Waals surface area contributed by atoms with E-state index in [-0.39, 0.29) is 17.3 Å². The molecule has 0 saturated carbocycles. The Bertz CT molecular complexity index is 785. The van der Waals surface area contributed by atoms with Crippen LogP contribution in [0.5, 0.6) is 0 Å². The molecule has 0 fully saturated rings. The Morgan fingerprint density at radius 3 is 2.82 bits per heavy atom. The van der Waals surface area contributed by atoms with Crippen LogP contribution >= 0.6 is 0 Å². The van der Waals surface area contributed by atoms with E-state index in [4.69, 9.17) is 4.74 Å². The van der Waals surface area contributed by atoms with Crippen LogP contribution in [-0.4, -0.2) is 43.2 Å². The predicted octanol–water partition coefficient (Wildman–Crippen LogP) is 1.11. The van der Waals surface area contributed by atoms with Crippen molar-refractivity contribution in [3.63, 3.8) is 0 Å². The first-order valence-corrected chi connectivity index (χ1v) is 7.95. The largest absolute Gasteiger partial charge is 0.461 e. The summed E-state index contributed by atoms with van der Waals surface area (Å²) in [4.78, 5) is 15.6. The van der Waals surface area contributed by atoms with Gasteiger partial charge in [0, 0.05) is 19.3 Å². The number of hydrogen-bond acceptors (Lipinski definition) is 6. The normalized spacial score (nSPS) is 11.2. The average molecular weight is 324 g/mol. The Morgan fingerprint density at radius 2 is 2.18 bits per heavy atom. The zero-order valence-electron chi connectivity index (χ0n) is 12.4. The average Bonchev–Trinajstić information content (AvgIpc) is 2.98. The van der Waals surface area contributed by atoms with Gasteiger partial charge in [-0.05, 0) is 25.5 Å². The van der Waals surface area contributed by atoms with Gasteiger partial charge in [0.25, 0.3) is 10.0 Å². The summed E-state index contributed by atoms with van der Waals surface area (Å²) < 4.78 is 30.9. The molecular weight excluding hydrogens is 308 g/mol. The first-order chi connectivity index (χ1) is 10.4. The number of aryl methyl sites for hydroxylation is 1. The summed E-state index contributed by atoms with van der Waals surface area (Å²) in [6.07, 6.45) is 1.51. The van der Waals surface area contributed by atoms with Crippen molar-refractivity contribution in [1.29, 1.82) is 0 Å². The number of carbonyl (C=O) groups excluding carboxylic acids is 1. The molecule has 0 aliphatic rings. The molecule has 9 heteroatoms. The molecule has 0 aromatic carbocycles. The van der Waals surface area contributed by atoms with Gasteiger partial charge in [-0.15, -0.1) is 0 Å². The maximum atomic E-state index is 12.5. The minimum atomic E-state index is -3.90. The van der Waals surface area contributed by atoms with Crippen LogP contribution < -0.4 is 4.31 Å². The second-order valence-corrected chi connectivity index (χ2v) is 6.39. The van der Waals surface area contributed by atoms with E-state index in [2.05, 4.69) is 15.2 Å². The van der Waals surface area contributed by atoms with Crippen LogP contribution in [0.3, 0.4) is 0 Å². The number of sulfonamides is 1. The molecule has 2 rings (SSSR count). The topological polar surface area (TPSA) is 105 Å². The van der Waals surface area contributed by atoms with E-state index < -0.39 is 16.0 Å². The number of aromatic amines is 1. The number of nitrogens with one attached hydrogen (secondary N) is 1. The fourth-order valence-electron chi connectivity index (χ4n) is 1.81. The summed E-state index contributed by atoms with van der Waals surface area (Å²) in [5.74, 6) is -0.383. The van der Waals surface area contributed by atoms with Crippen LogP contribution in [0.25, 0.3) is 0 Å². The Kier molecular flexibility index (Phi) is 4.45. The number of rotatable bonds is 5. The van der Waals surface area contributed by atoms with E-state index >= 15 is 0 Å². The third kappa shape index (κ3) is 2.93. The fraction of sp³-hybridized carbons (Fsp3) is 0.308. The second-order valence-electron chi connectivity index (χ2n) is 4.45. The quantitative estimate of drug-likeness (QED) is 0.826. The second kappa shape index (κ2) is 6.14. The van der Waals surface area contributed by atoms with Crippen molar-refractivity contribution < 1.29 is 17.9 Å². The number of anilines is 1. The SMILES string of the molecule is CCOC(=O)c1cc(S(=O)(=O)N(C)c2ncccc2C)[nH]n1. The molecule has 1 N–H and O–H groups in total. The molecule has 2 heterocycles. The Labute approximate surface area is 128 Å². The van der Waals surface area contributed by atoms with Crippen LogP contribution in [0.15, 0.2) is 29.4 Å². The molecule has 0 unspecified atom stereocenters. The lowest BCUT2D eigenvalue weighted by molar-refractivity contribution is 0.0519. The summed E-state index contributed by atoms with van der Waals surface area (Å²) in [5, 5.41) is 5.82. The predicted molar refractivity (Wildman–Crippen MR) is 79.1 cm³/mol. The number of nitrogens with zero attached hydrogens (tertiary/aromatic N) is 3. The number of hydrogen-bond donors (Lipinski definition) is 1. The van der Waals surface area contributed by atoms with Crippen molar-refractivity contribution in [1.82, 2.24) is 15.2 Å². The molecule has 0 aliphatic heterocycles. The number of H-pyrrole nitrogens is 1. The third-order valence-electron chi connectivity index (χ3n) is 2.96. The molecular formula is C13H16N4O4S. The van der Waals surface area contributed by atoms with Crippen molar-refractivity contribution in [2.75, 3.05) is 18.0 Å². The molecule has 22 heavy (non-hydrogen) atoms. The van der Waals surface area contributed by atoms with Gasteiger partial charge in [0.05, 0.1) is 6.61 Å². The minimum Gasteiger partial charge on any atom is -0.461 e. The standard InChI is InChI=1S/C13H16N4O4S/c1-4-21-13(18)10-8-11(16-15-10)22(19,20)17(3)12-9(2)6-5-7-14-12/h5-8H,4H2,1-3H3,(H,15,16). The van der Waals surface area contributed by atoms with Crippen LogP contribution in [0.2, 0.25) is 0 Å². The lowest BCUT2D eigenvalue weighted by Gasteiger charge is -2.18. The lowest BCUT2D eigenvalue weighted by Crippen LogP contribution is -2.28. The molecule has 0 atom stereocenters. The monoisotopic (exact) mass is 324 g/mol. The highest BCUT2D eigenvalue weighted by Crippen LogP contribution is 2.22. The number of aromatic nitrogens is 3. The van der Waals surface area contributed by atoms with Gasteiger partial charge in [0.1, 0.15) is 5.82 Å². The van der Waals surface area contributed by atoms with Crippen molar-refractivity contribution in [3.8, 4) is 0 Å². The highest BCUT2D eigenvalue weighted by atomic mass is 32.2. The van der Waals surface area contributed by atoms with Gasteiger partial charge >= 0.3 is 5.97 Å². The van der Waals surface area contributed by atoms with Crippen molar-refractivity contribution >= 4 is 21.8 Å². The summed E-state index contributed by atoms with van der Waals surface area (Å²) >= 11 is 0. The van der Waals surface area contributed by atoms with Crippen molar-refractivity contribution in [2.45, 2.75) is 18.9 Å². The Balaban J connectivity index is 2.35. The van der Waals surface area contributed by atoms with Gasteiger partial charge in [-0.1, -0.05) is 6.07 Å². The molecule has 0 amide bonds. The molecule has 8 nitrogen and oxygen atoms in total. The van der Waals surface area contributed by atoms with E-state index in [0.29, 0.717) is 11.4 Å². The zero-order valence-corrected chi connectivity index (χ0v) is 13.2. The van der Waals surface area contributed by atoms with Crippen LogP contribution in [-0.2, 0) is 14.8 Å². The smallest absolute Gasteiger partial charge is 0.358 e. The first-order valence-electron chi connectivity index (χ1n) is 6.51.